The molecule has 1 aliphatic carbocycles. The third-order valence-electron chi connectivity index (χ3n) is 5.75. The molecular weight excluding hydrogens is 350 g/mol. The van der Waals surface area contributed by atoms with Crippen LogP contribution in [0.5, 0.6) is 0 Å². The second-order valence-electron chi connectivity index (χ2n) is 8.43. The van der Waals surface area contributed by atoms with Crippen molar-refractivity contribution in [2.75, 3.05) is 19.6 Å². The van der Waals surface area contributed by atoms with Crippen molar-refractivity contribution in [2.45, 2.75) is 58.0 Å². The SMILES string of the molecule is CC(C)CNC(=O)c1nnc2n1CC1(CCN(C(=O)C3CC(O)C3)C1)OC2. The van der Waals surface area contributed by atoms with Gasteiger partial charge < -0.3 is 24.6 Å². The first-order valence-corrected chi connectivity index (χ1v) is 9.68. The van der Waals surface area contributed by atoms with Gasteiger partial charge in [0.1, 0.15) is 12.2 Å². The minimum absolute atomic E-state index is 0.0680. The Kier molecular flexibility index (Phi) is 4.67. The number of likely N-dealkylation sites (tertiary alicyclic amines) is 1. The first-order chi connectivity index (χ1) is 12.9. The van der Waals surface area contributed by atoms with Crippen LogP contribution >= 0.6 is 0 Å². The molecule has 0 bridgehead atoms. The van der Waals surface area contributed by atoms with Gasteiger partial charge in [0.25, 0.3) is 5.91 Å². The van der Waals surface area contributed by atoms with Gasteiger partial charge in [-0.3, -0.25) is 9.59 Å². The molecule has 2 N–H and O–H groups in total. The topological polar surface area (TPSA) is 110 Å². The number of nitrogens with zero attached hydrogens (tertiary/aromatic N) is 4. The maximum atomic E-state index is 12.6. The van der Waals surface area contributed by atoms with E-state index in [1.165, 1.54) is 0 Å². The minimum atomic E-state index is -0.500. The molecule has 27 heavy (non-hydrogen) atoms. The average molecular weight is 377 g/mol. The molecule has 1 saturated carbocycles. The number of nitrogens with one attached hydrogen (secondary N) is 1. The fourth-order valence-electron chi connectivity index (χ4n) is 4.03. The van der Waals surface area contributed by atoms with E-state index in [0.717, 1.165) is 6.42 Å². The van der Waals surface area contributed by atoms with Crippen LogP contribution in [0.4, 0.5) is 0 Å². The zero-order valence-electron chi connectivity index (χ0n) is 15.8. The van der Waals surface area contributed by atoms with Crippen LogP contribution in [-0.2, 0) is 22.7 Å². The first-order valence-electron chi connectivity index (χ1n) is 9.68. The molecule has 0 radical (unpaired) electrons. The lowest BCUT2D eigenvalue weighted by molar-refractivity contribution is -0.144. The van der Waals surface area contributed by atoms with Gasteiger partial charge in [-0.25, -0.2) is 0 Å². The molecule has 4 rings (SSSR count). The number of hydrogen-bond donors (Lipinski definition) is 2. The number of aromatic nitrogens is 3. The zero-order valence-corrected chi connectivity index (χ0v) is 15.8. The predicted octanol–water partition coefficient (Wildman–Crippen LogP) is -0.0639. The van der Waals surface area contributed by atoms with Crippen LogP contribution in [0.15, 0.2) is 0 Å². The van der Waals surface area contributed by atoms with E-state index in [4.69, 9.17) is 4.74 Å². The number of aliphatic hydroxyl groups is 1. The van der Waals surface area contributed by atoms with Gasteiger partial charge in [0.2, 0.25) is 11.7 Å². The van der Waals surface area contributed by atoms with E-state index < -0.39 is 5.60 Å². The van der Waals surface area contributed by atoms with Crippen molar-refractivity contribution >= 4 is 11.8 Å². The van der Waals surface area contributed by atoms with Crippen LogP contribution in [0, 0.1) is 11.8 Å². The summed E-state index contributed by atoms with van der Waals surface area (Å²) in [6.07, 6.45) is 1.49. The highest BCUT2D eigenvalue weighted by Crippen LogP contribution is 2.36. The molecule has 0 aromatic carbocycles. The Morgan fingerprint density at radius 1 is 1.33 bits per heavy atom. The molecular formula is C18H27N5O4. The highest BCUT2D eigenvalue weighted by molar-refractivity contribution is 5.90. The number of hydrogen-bond acceptors (Lipinski definition) is 6. The second-order valence-corrected chi connectivity index (χ2v) is 8.43. The largest absolute Gasteiger partial charge is 0.393 e. The van der Waals surface area contributed by atoms with Crippen molar-refractivity contribution in [3.8, 4) is 0 Å². The molecule has 2 fully saturated rings. The predicted molar refractivity (Wildman–Crippen MR) is 94.6 cm³/mol. The summed E-state index contributed by atoms with van der Waals surface area (Å²) in [4.78, 5) is 26.9. The van der Waals surface area contributed by atoms with E-state index in [1.54, 1.807) is 0 Å². The van der Waals surface area contributed by atoms with E-state index >= 15 is 0 Å². The Morgan fingerprint density at radius 3 is 2.81 bits per heavy atom. The Hall–Kier alpha value is -2.00. The molecule has 1 atom stereocenters. The molecule has 3 heterocycles. The van der Waals surface area contributed by atoms with Gasteiger partial charge in [0.15, 0.2) is 5.82 Å². The fraction of sp³-hybridized carbons (Fsp3) is 0.778. The van der Waals surface area contributed by atoms with Crippen LogP contribution < -0.4 is 5.32 Å². The summed E-state index contributed by atoms with van der Waals surface area (Å²) in [6, 6.07) is 0. The van der Waals surface area contributed by atoms with Crippen LogP contribution in [0.3, 0.4) is 0 Å². The lowest BCUT2D eigenvalue weighted by Crippen LogP contribution is -2.48. The monoisotopic (exact) mass is 377 g/mol. The standard InChI is InChI=1S/C18H27N5O4/c1-11(2)7-19-16(25)15-21-20-14-8-27-18(10-23(14)15)3-4-22(9-18)17(26)12-5-13(24)6-12/h11-13,24H,3-10H2,1-2H3,(H,19,25). The molecule has 1 aromatic rings. The number of ether oxygens (including phenoxy) is 1. The van der Waals surface area contributed by atoms with Gasteiger partial charge in [-0.05, 0) is 25.2 Å². The van der Waals surface area contributed by atoms with Crippen molar-refractivity contribution < 1.29 is 19.4 Å². The Morgan fingerprint density at radius 2 is 2.11 bits per heavy atom. The maximum Gasteiger partial charge on any atom is 0.289 e. The maximum absolute atomic E-state index is 12.6. The summed E-state index contributed by atoms with van der Waals surface area (Å²) < 4.78 is 7.91. The van der Waals surface area contributed by atoms with Crippen molar-refractivity contribution in [1.82, 2.24) is 25.0 Å². The molecule has 1 spiro atoms. The van der Waals surface area contributed by atoms with Gasteiger partial charge in [0.05, 0.1) is 19.2 Å². The lowest BCUT2D eigenvalue weighted by Gasteiger charge is -2.36. The summed E-state index contributed by atoms with van der Waals surface area (Å²) in [6.45, 7) is 6.55. The normalized spacial score (nSPS) is 29.7. The highest BCUT2D eigenvalue weighted by atomic mass is 16.5. The Balaban J connectivity index is 1.44. The first kappa shape index (κ1) is 18.4. The van der Waals surface area contributed by atoms with Crippen LogP contribution in [0.2, 0.25) is 0 Å². The number of amides is 2. The molecule has 3 aliphatic rings. The van der Waals surface area contributed by atoms with E-state index in [-0.39, 0.29) is 30.4 Å². The van der Waals surface area contributed by atoms with Gasteiger partial charge in [-0.15, -0.1) is 10.2 Å². The zero-order chi connectivity index (χ0) is 19.2. The molecule has 1 saturated heterocycles. The minimum Gasteiger partial charge on any atom is -0.393 e. The fourth-order valence-corrected chi connectivity index (χ4v) is 4.03. The average Bonchev–Trinajstić information content (AvgIpc) is 3.21. The molecule has 1 aromatic heterocycles. The summed E-state index contributed by atoms with van der Waals surface area (Å²) in [7, 11) is 0. The van der Waals surface area contributed by atoms with Crippen LogP contribution in [-0.4, -0.2) is 67.9 Å². The van der Waals surface area contributed by atoms with Crippen molar-refractivity contribution in [3.63, 3.8) is 0 Å². The van der Waals surface area contributed by atoms with Crippen LogP contribution in [0.1, 0.15) is 49.6 Å². The van der Waals surface area contributed by atoms with E-state index in [9.17, 15) is 14.7 Å². The van der Waals surface area contributed by atoms with Gasteiger partial charge >= 0.3 is 0 Å². The molecule has 2 aliphatic heterocycles. The lowest BCUT2D eigenvalue weighted by atomic mass is 9.81. The third kappa shape index (κ3) is 3.45. The molecule has 9 heteroatoms. The molecule has 2 amide bonds. The molecule has 148 valence electrons. The number of aliphatic hydroxyl groups excluding tert-OH is 1. The number of rotatable bonds is 4. The van der Waals surface area contributed by atoms with E-state index in [1.807, 2.05) is 23.3 Å². The number of carbonyl (C=O) groups is 2. The molecule has 1 unspecified atom stereocenters. The summed E-state index contributed by atoms with van der Waals surface area (Å²) in [5, 5.41) is 20.5. The van der Waals surface area contributed by atoms with Crippen molar-refractivity contribution in [3.05, 3.63) is 11.6 Å². The quantitative estimate of drug-likeness (QED) is 0.761. The van der Waals surface area contributed by atoms with Gasteiger partial charge in [0, 0.05) is 19.0 Å². The van der Waals surface area contributed by atoms with Crippen molar-refractivity contribution in [1.29, 1.82) is 0 Å². The Bertz CT molecular complexity index is 742. The van der Waals surface area contributed by atoms with Gasteiger partial charge in [-0.1, -0.05) is 13.8 Å². The van der Waals surface area contributed by atoms with Crippen LogP contribution in [0.25, 0.3) is 0 Å². The summed E-state index contributed by atoms with van der Waals surface area (Å²) in [5.74, 6) is 1.11. The van der Waals surface area contributed by atoms with Crippen molar-refractivity contribution in [2.24, 2.45) is 11.8 Å². The highest BCUT2D eigenvalue weighted by Gasteiger charge is 2.47. The van der Waals surface area contributed by atoms with Gasteiger partial charge in [-0.2, -0.15) is 0 Å². The second kappa shape index (κ2) is 6.87. The number of carbonyl (C=O) groups excluding carboxylic acids is 2. The third-order valence-corrected chi connectivity index (χ3v) is 5.75. The number of fused-ring (bicyclic) bond motifs is 1. The Labute approximate surface area is 158 Å². The summed E-state index contributed by atoms with van der Waals surface area (Å²) >= 11 is 0. The van der Waals surface area contributed by atoms with E-state index in [2.05, 4.69) is 15.5 Å². The smallest absolute Gasteiger partial charge is 0.289 e. The molecule has 9 nitrogen and oxygen atoms in total. The van der Waals surface area contributed by atoms with E-state index in [0.29, 0.717) is 56.6 Å². The summed E-state index contributed by atoms with van der Waals surface area (Å²) in [5.41, 5.74) is -0.500.